The van der Waals surface area contributed by atoms with E-state index in [1.54, 1.807) is 13.2 Å². The number of halogens is 1. The Morgan fingerprint density at radius 1 is 1.11 bits per heavy atom. The molecule has 1 atom stereocenters. The van der Waals surface area contributed by atoms with E-state index in [1.165, 1.54) is 12.1 Å². The van der Waals surface area contributed by atoms with Crippen molar-refractivity contribution in [2.24, 2.45) is 0 Å². The number of hydrogen-bond acceptors (Lipinski definition) is 2. The zero-order chi connectivity index (χ0) is 13.0. The van der Waals surface area contributed by atoms with Crippen LogP contribution in [0.5, 0.6) is 5.75 Å². The van der Waals surface area contributed by atoms with Gasteiger partial charge in [-0.05, 0) is 36.8 Å². The van der Waals surface area contributed by atoms with Gasteiger partial charge in [0, 0.05) is 17.8 Å². The van der Waals surface area contributed by atoms with E-state index >= 15 is 0 Å². The molecule has 1 N–H and O–H groups in total. The molecule has 2 aromatic rings. The van der Waals surface area contributed by atoms with Crippen molar-refractivity contribution in [3.05, 3.63) is 59.9 Å². The molecule has 0 aliphatic rings. The number of benzene rings is 2. The highest BCUT2D eigenvalue weighted by molar-refractivity contribution is 5.49. The second kappa shape index (κ2) is 5.54. The molecule has 0 heterocycles. The van der Waals surface area contributed by atoms with E-state index < -0.39 is 0 Å². The zero-order valence-corrected chi connectivity index (χ0v) is 10.5. The molecule has 0 saturated heterocycles. The highest BCUT2D eigenvalue weighted by atomic mass is 19.1. The first-order valence-corrected chi connectivity index (χ1v) is 5.85. The van der Waals surface area contributed by atoms with Crippen LogP contribution in [0.3, 0.4) is 0 Å². The Bertz CT molecular complexity index is 527. The summed E-state index contributed by atoms with van der Waals surface area (Å²) in [6.07, 6.45) is 0. The number of methoxy groups -OCH3 is 1. The molecule has 0 amide bonds. The van der Waals surface area contributed by atoms with Crippen molar-refractivity contribution < 1.29 is 9.13 Å². The maximum absolute atomic E-state index is 13.1. The van der Waals surface area contributed by atoms with Gasteiger partial charge in [-0.1, -0.05) is 18.2 Å². The van der Waals surface area contributed by atoms with E-state index in [1.807, 2.05) is 37.3 Å². The summed E-state index contributed by atoms with van der Waals surface area (Å²) in [5, 5.41) is 3.31. The molecule has 18 heavy (non-hydrogen) atoms. The van der Waals surface area contributed by atoms with Crippen LogP contribution < -0.4 is 10.1 Å². The Kier molecular flexibility index (Phi) is 3.82. The topological polar surface area (TPSA) is 21.3 Å². The SMILES string of the molecule is COc1cccc(NC(C)c2cccc(F)c2)c1. The lowest BCUT2D eigenvalue weighted by molar-refractivity contribution is 0.415. The number of anilines is 1. The van der Waals surface area contributed by atoms with Crippen molar-refractivity contribution in [2.45, 2.75) is 13.0 Å². The lowest BCUT2D eigenvalue weighted by atomic mass is 10.1. The monoisotopic (exact) mass is 245 g/mol. The van der Waals surface area contributed by atoms with Crippen LogP contribution in [0.15, 0.2) is 48.5 Å². The third kappa shape index (κ3) is 3.00. The Balaban J connectivity index is 2.13. The summed E-state index contributed by atoms with van der Waals surface area (Å²) in [6, 6.07) is 14.3. The van der Waals surface area contributed by atoms with Crippen LogP contribution in [0.25, 0.3) is 0 Å². The van der Waals surface area contributed by atoms with Crippen molar-refractivity contribution in [3.8, 4) is 5.75 Å². The molecule has 0 fully saturated rings. The average molecular weight is 245 g/mol. The van der Waals surface area contributed by atoms with E-state index in [4.69, 9.17) is 4.74 Å². The van der Waals surface area contributed by atoms with E-state index in [0.29, 0.717) is 0 Å². The summed E-state index contributed by atoms with van der Waals surface area (Å²) < 4.78 is 18.3. The Labute approximate surface area is 106 Å². The van der Waals surface area contributed by atoms with Gasteiger partial charge in [-0.3, -0.25) is 0 Å². The Morgan fingerprint density at radius 2 is 1.89 bits per heavy atom. The summed E-state index contributed by atoms with van der Waals surface area (Å²) in [5.41, 5.74) is 1.86. The maximum Gasteiger partial charge on any atom is 0.123 e. The van der Waals surface area contributed by atoms with Crippen LogP contribution in [-0.2, 0) is 0 Å². The van der Waals surface area contributed by atoms with Crippen LogP contribution in [0.2, 0.25) is 0 Å². The van der Waals surface area contributed by atoms with Crippen LogP contribution in [0.1, 0.15) is 18.5 Å². The number of ether oxygens (including phenoxy) is 1. The van der Waals surface area contributed by atoms with Gasteiger partial charge in [0.1, 0.15) is 11.6 Å². The molecule has 0 saturated carbocycles. The molecule has 1 unspecified atom stereocenters. The fourth-order valence-corrected chi connectivity index (χ4v) is 1.82. The van der Waals surface area contributed by atoms with Crippen LogP contribution in [0, 0.1) is 5.82 Å². The van der Waals surface area contributed by atoms with Crippen molar-refractivity contribution in [1.82, 2.24) is 0 Å². The van der Waals surface area contributed by atoms with Gasteiger partial charge < -0.3 is 10.1 Å². The molecule has 2 aromatic carbocycles. The third-order valence-corrected chi connectivity index (χ3v) is 2.80. The van der Waals surface area contributed by atoms with Gasteiger partial charge in [0.05, 0.1) is 7.11 Å². The van der Waals surface area contributed by atoms with E-state index in [-0.39, 0.29) is 11.9 Å². The van der Waals surface area contributed by atoms with Gasteiger partial charge >= 0.3 is 0 Å². The molecule has 94 valence electrons. The normalized spacial score (nSPS) is 11.9. The molecule has 0 bridgehead atoms. The van der Waals surface area contributed by atoms with E-state index in [2.05, 4.69) is 5.32 Å². The molecular weight excluding hydrogens is 229 g/mol. The summed E-state index contributed by atoms with van der Waals surface area (Å²) in [4.78, 5) is 0. The molecule has 0 aliphatic heterocycles. The second-order valence-corrected chi connectivity index (χ2v) is 4.15. The van der Waals surface area contributed by atoms with Gasteiger partial charge in [-0.2, -0.15) is 0 Å². The maximum atomic E-state index is 13.1. The molecule has 2 nitrogen and oxygen atoms in total. The first-order valence-electron chi connectivity index (χ1n) is 5.85. The van der Waals surface area contributed by atoms with Gasteiger partial charge in [-0.25, -0.2) is 4.39 Å². The molecular formula is C15H16FNO. The third-order valence-electron chi connectivity index (χ3n) is 2.80. The number of rotatable bonds is 4. The van der Waals surface area contributed by atoms with Gasteiger partial charge in [0.25, 0.3) is 0 Å². The van der Waals surface area contributed by atoms with Gasteiger partial charge in [-0.15, -0.1) is 0 Å². The summed E-state index contributed by atoms with van der Waals surface area (Å²) in [5.74, 6) is 0.582. The summed E-state index contributed by atoms with van der Waals surface area (Å²) in [6.45, 7) is 1.99. The lowest BCUT2D eigenvalue weighted by Crippen LogP contribution is -2.06. The number of nitrogens with one attached hydrogen (secondary N) is 1. The molecule has 0 spiro atoms. The van der Waals surface area contributed by atoms with Crippen LogP contribution in [0.4, 0.5) is 10.1 Å². The van der Waals surface area contributed by atoms with Crippen molar-refractivity contribution in [2.75, 3.05) is 12.4 Å². The first kappa shape index (κ1) is 12.4. The largest absolute Gasteiger partial charge is 0.497 e. The standard InChI is InChI=1S/C15H16FNO/c1-11(12-5-3-6-13(16)9-12)17-14-7-4-8-15(10-14)18-2/h3-11,17H,1-2H3. The fraction of sp³-hybridized carbons (Fsp3) is 0.200. The molecule has 0 radical (unpaired) electrons. The minimum atomic E-state index is -0.216. The second-order valence-electron chi connectivity index (χ2n) is 4.15. The van der Waals surface area contributed by atoms with E-state index in [0.717, 1.165) is 17.0 Å². The van der Waals surface area contributed by atoms with Gasteiger partial charge in [0.2, 0.25) is 0 Å². The summed E-state index contributed by atoms with van der Waals surface area (Å²) in [7, 11) is 1.63. The smallest absolute Gasteiger partial charge is 0.123 e. The highest BCUT2D eigenvalue weighted by Crippen LogP contribution is 2.22. The predicted octanol–water partition coefficient (Wildman–Crippen LogP) is 4.01. The van der Waals surface area contributed by atoms with Gasteiger partial charge in [0.15, 0.2) is 0 Å². The Hall–Kier alpha value is -2.03. The lowest BCUT2D eigenvalue weighted by Gasteiger charge is -2.16. The minimum absolute atomic E-state index is 0.0350. The number of hydrogen-bond donors (Lipinski definition) is 1. The van der Waals surface area contributed by atoms with Crippen LogP contribution in [-0.4, -0.2) is 7.11 Å². The van der Waals surface area contributed by atoms with E-state index in [9.17, 15) is 4.39 Å². The average Bonchev–Trinajstić information content (AvgIpc) is 2.39. The fourth-order valence-electron chi connectivity index (χ4n) is 1.82. The first-order chi connectivity index (χ1) is 8.69. The molecule has 2 rings (SSSR count). The molecule has 3 heteroatoms. The van der Waals surface area contributed by atoms with Crippen molar-refractivity contribution in [3.63, 3.8) is 0 Å². The zero-order valence-electron chi connectivity index (χ0n) is 10.5. The predicted molar refractivity (Wildman–Crippen MR) is 71.4 cm³/mol. The quantitative estimate of drug-likeness (QED) is 0.878. The van der Waals surface area contributed by atoms with Crippen LogP contribution >= 0.6 is 0 Å². The minimum Gasteiger partial charge on any atom is -0.497 e. The molecule has 0 aliphatic carbocycles. The highest BCUT2D eigenvalue weighted by Gasteiger charge is 2.06. The van der Waals surface area contributed by atoms with Crippen molar-refractivity contribution >= 4 is 5.69 Å². The molecule has 0 aromatic heterocycles. The van der Waals surface area contributed by atoms with Crippen molar-refractivity contribution in [1.29, 1.82) is 0 Å². The summed E-state index contributed by atoms with van der Waals surface area (Å²) >= 11 is 0. The Morgan fingerprint density at radius 3 is 2.61 bits per heavy atom.